The first-order valence-corrected chi connectivity index (χ1v) is 8.98. The summed E-state index contributed by atoms with van der Waals surface area (Å²) in [4.78, 5) is 20.6. The molecule has 1 aromatic heterocycles. The highest BCUT2D eigenvalue weighted by Crippen LogP contribution is 2.61. The van der Waals surface area contributed by atoms with Gasteiger partial charge in [-0.2, -0.15) is 0 Å². The summed E-state index contributed by atoms with van der Waals surface area (Å²) in [6, 6.07) is 17.8. The van der Waals surface area contributed by atoms with Gasteiger partial charge in [0.25, 0.3) is 0 Å². The van der Waals surface area contributed by atoms with E-state index in [1.54, 1.807) is 0 Å². The van der Waals surface area contributed by atoms with Crippen molar-refractivity contribution in [3.8, 4) is 11.4 Å². The zero-order valence-electron chi connectivity index (χ0n) is 14.9. The quantitative estimate of drug-likeness (QED) is 0.634. The minimum Gasteiger partial charge on any atom is -0.466 e. The highest BCUT2D eigenvalue weighted by Gasteiger charge is 2.57. The van der Waals surface area contributed by atoms with Gasteiger partial charge in [-0.3, -0.25) is 4.79 Å². The highest BCUT2D eigenvalue weighted by molar-refractivity contribution is 5.80. The van der Waals surface area contributed by atoms with E-state index in [-0.39, 0.29) is 23.7 Å². The van der Waals surface area contributed by atoms with Gasteiger partial charge in [-0.25, -0.2) is 14.4 Å². The molecule has 0 unspecified atom stereocenters. The van der Waals surface area contributed by atoms with Crippen LogP contribution in [0.5, 0.6) is 0 Å². The Morgan fingerprint density at radius 1 is 1.00 bits per heavy atom. The van der Waals surface area contributed by atoms with E-state index in [0.29, 0.717) is 12.4 Å². The maximum absolute atomic E-state index is 13.1. The Bertz CT molecular complexity index is 944. The summed E-state index contributed by atoms with van der Waals surface area (Å²) in [5, 5.41) is 0. The third-order valence-electron chi connectivity index (χ3n) is 4.91. The molecule has 136 valence electrons. The van der Waals surface area contributed by atoms with Crippen molar-refractivity contribution in [2.24, 2.45) is 5.92 Å². The zero-order valence-corrected chi connectivity index (χ0v) is 14.9. The van der Waals surface area contributed by atoms with Crippen LogP contribution in [0, 0.1) is 11.7 Å². The molecule has 5 heteroatoms. The van der Waals surface area contributed by atoms with Crippen LogP contribution in [0.4, 0.5) is 4.39 Å². The van der Waals surface area contributed by atoms with E-state index in [4.69, 9.17) is 4.74 Å². The highest BCUT2D eigenvalue weighted by atomic mass is 19.1. The lowest BCUT2D eigenvalue weighted by atomic mass is 10.0. The number of rotatable bonds is 5. The molecule has 0 bridgehead atoms. The number of halogens is 1. The second kappa shape index (κ2) is 7.27. The van der Waals surface area contributed by atoms with Crippen molar-refractivity contribution in [2.75, 3.05) is 6.61 Å². The normalized spacial score (nSPS) is 20.9. The maximum Gasteiger partial charge on any atom is 0.310 e. The molecule has 3 aromatic rings. The standard InChI is InChI=1S/C22H19FN2O2/c1-2-27-22(26)20-18(14-7-4-3-5-8-14)19(20)15-9-6-10-16(11-15)21-24-12-17(23)13-25-21/h3-13,18-20H,2H2,1H3/t18-,19-,20-/m1/s1. The number of hydrogen-bond donors (Lipinski definition) is 0. The molecule has 3 atom stereocenters. The van der Waals surface area contributed by atoms with E-state index in [2.05, 4.69) is 9.97 Å². The van der Waals surface area contributed by atoms with Gasteiger partial charge in [-0.15, -0.1) is 0 Å². The van der Waals surface area contributed by atoms with E-state index in [0.717, 1.165) is 29.1 Å². The molecule has 0 aliphatic heterocycles. The molecule has 2 aromatic carbocycles. The van der Waals surface area contributed by atoms with E-state index >= 15 is 0 Å². The van der Waals surface area contributed by atoms with Crippen LogP contribution in [0.1, 0.15) is 29.9 Å². The zero-order chi connectivity index (χ0) is 18.8. The first-order valence-electron chi connectivity index (χ1n) is 8.98. The van der Waals surface area contributed by atoms with Gasteiger partial charge in [0.2, 0.25) is 0 Å². The second-order valence-electron chi connectivity index (χ2n) is 6.59. The molecule has 1 aliphatic rings. The van der Waals surface area contributed by atoms with Crippen LogP contribution >= 0.6 is 0 Å². The molecular weight excluding hydrogens is 343 g/mol. The van der Waals surface area contributed by atoms with Gasteiger partial charge in [0, 0.05) is 17.4 Å². The maximum atomic E-state index is 13.1. The number of ether oxygens (including phenoxy) is 1. The summed E-state index contributed by atoms with van der Waals surface area (Å²) in [6.07, 6.45) is 2.31. The second-order valence-corrected chi connectivity index (χ2v) is 6.59. The molecule has 0 amide bonds. The number of carbonyl (C=O) groups is 1. The SMILES string of the molecule is CCOC(=O)[C@@H]1[C@H](c2ccccc2)[C@H]1c1cccc(-c2ncc(F)cn2)c1. The van der Waals surface area contributed by atoms with Crippen molar-refractivity contribution < 1.29 is 13.9 Å². The van der Waals surface area contributed by atoms with E-state index in [9.17, 15) is 9.18 Å². The monoisotopic (exact) mass is 362 g/mol. The number of aromatic nitrogens is 2. The lowest BCUT2D eigenvalue weighted by molar-refractivity contribution is -0.144. The van der Waals surface area contributed by atoms with Crippen LogP contribution < -0.4 is 0 Å². The van der Waals surface area contributed by atoms with Crippen molar-refractivity contribution in [1.29, 1.82) is 0 Å². The summed E-state index contributed by atoms with van der Waals surface area (Å²) in [5.74, 6) is -0.232. The lowest BCUT2D eigenvalue weighted by Crippen LogP contribution is -2.08. The molecule has 1 heterocycles. The molecular formula is C22H19FN2O2. The van der Waals surface area contributed by atoms with Crippen molar-refractivity contribution in [1.82, 2.24) is 9.97 Å². The van der Waals surface area contributed by atoms with E-state index in [1.165, 1.54) is 0 Å². The fourth-order valence-corrected chi connectivity index (χ4v) is 3.69. The van der Waals surface area contributed by atoms with Crippen LogP contribution in [0.15, 0.2) is 67.0 Å². The summed E-state index contributed by atoms with van der Waals surface area (Å²) < 4.78 is 18.4. The smallest absolute Gasteiger partial charge is 0.310 e. The summed E-state index contributed by atoms with van der Waals surface area (Å²) in [6.45, 7) is 2.19. The van der Waals surface area contributed by atoms with Crippen LogP contribution in [-0.4, -0.2) is 22.5 Å². The fraction of sp³-hybridized carbons (Fsp3) is 0.227. The van der Waals surface area contributed by atoms with E-state index < -0.39 is 5.82 Å². The van der Waals surface area contributed by atoms with Crippen molar-refractivity contribution in [2.45, 2.75) is 18.8 Å². The van der Waals surface area contributed by atoms with E-state index in [1.807, 2.05) is 61.5 Å². The first-order chi connectivity index (χ1) is 13.2. The number of benzene rings is 2. The van der Waals surface area contributed by atoms with Crippen molar-refractivity contribution in [3.63, 3.8) is 0 Å². The van der Waals surface area contributed by atoms with Crippen LogP contribution in [0.2, 0.25) is 0 Å². The Labute approximate surface area is 157 Å². The van der Waals surface area contributed by atoms with Crippen molar-refractivity contribution >= 4 is 5.97 Å². The van der Waals surface area contributed by atoms with Gasteiger partial charge in [0.1, 0.15) is 0 Å². The number of esters is 1. The molecule has 0 N–H and O–H groups in total. The molecule has 1 fully saturated rings. The van der Waals surface area contributed by atoms with Crippen LogP contribution in [-0.2, 0) is 9.53 Å². The molecule has 0 saturated heterocycles. The molecule has 4 nitrogen and oxygen atoms in total. The topological polar surface area (TPSA) is 52.1 Å². The molecule has 1 saturated carbocycles. The predicted molar refractivity (Wildman–Crippen MR) is 99.5 cm³/mol. The Morgan fingerprint density at radius 3 is 2.37 bits per heavy atom. The van der Waals surface area contributed by atoms with Gasteiger partial charge in [-0.1, -0.05) is 48.5 Å². The van der Waals surface area contributed by atoms with Crippen molar-refractivity contribution in [3.05, 3.63) is 83.9 Å². The minimum atomic E-state index is -0.469. The van der Waals surface area contributed by atoms with Gasteiger partial charge in [0.15, 0.2) is 11.6 Å². The van der Waals surface area contributed by atoms with Gasteiger partial charge in [-0.05, 0) is 24.1 Å². The molecule has 0 radical (unpaired) electrons. The number of nitrogens with zero attached hydrogens (tertiary/aromatic N) is 2. The third-order valence-corrected chi connectivity index (χ3v) is 4.91. The van der Waals surface area contributed by atoms with Gasteiger partial charge < -0.3 is 4.74 Å². The fourth-order valence-electron chi connectivity index (χ4n) is 3.69. The summed E-state index contributed by atoms with van der Waals surface area (Å²) in [7, 11) is 0. The van der Waals surface area contributed by atoms with Gasteiger partial charge >= 0.3 is 5.97 Å². The Balaban J connectivity index is 1.67. The van der Waals surface area contributed by atoms with Gasteiger partial charge in [0.05, 0.1) is 24.9 Å². The van der Waals surface area contributed by atoms with Crippen LogP contribution in [0.3, 0.4) is 0 Å². The van der Waals surface area contributed by atoms with Crippen LogP contribution in [0.25, 0.3) is 11.4 Å². The molecule has 27 heavy (non-hydrogen) atoms. The average molecular weight is 362 g/mol. The largest absolute Gasteiger partial charge is 0.466 e. The Kier molecular flexibility index (Phi) is 4.67. The molecule has 4 rings (SSSR count). The minimum absolute atomic E-state index is 0.0480. The average Bonchev–Trinajstić information content (AvgIpc) is 3.45. The molecule has 1 aliphatic carbocycles. The first kappa shape index (κ1) is 17.3. The Morgan fingerprint density at radius 2 is 1.67 bits per heavy atom. The summed E-state index contributed by atoms with van der Waals surface area (Å²) in [5.41, 5.74) is 2.96. The Hall–Kier alpha value is -3.08. The predicted octanol–water partition coefficient (Wildman–Crippen LogP) is 4.34. The summed E-state index contributed by atoms with van der Waals surface area (Å²) >= 11 is 0. The third kappa shape index (κ3) is 3.45. The lowest BCUT2D eigenvalue weighted by Gasteiger charge is -2.05. The molecule has 0 spiro atoms. The number of carbonyl (C=O) groups excluding carboxylic acids is 1. The number of hydrogen-bond acceptors (Lipinski definition) is 4.